The molecule has 5 rings (SSSR count). The van der Waals surface area contributed by atoms with E-state index in [4.69, 9.17) is 0 Å². The van der Waals surface area contributed by atoms with E-state index in [1.807, 2.05) is 58.9 Å². The maximum absolute atomic E-state index is 12.1. The molecule has 0 bridgehead atoms. The molecule has 15 heteroatoms. The highest BCUT2D eigenvalue weighted by Crippen LogP contribution is 2.25. The van der Waals surface area contributed by atoms with Gasteiger partial charge in [-0.3, -0.25) is 9.59 Å². The van der Waals surface area contributed by atoms with Crippen LogP contribution in [-0.2, 0) is 12.8 Å². The van der Waals surface area contributed by atoms with Crippen molar-refractivity contribution in [2.75, 3.05) is 44.4 Å². The van der Waals surface area contributed by atoms with Crippen molar-refractivity contribution < 1.29 is 15.3 Å². The number of anilines is 4. The van der Waals surface area contributed by atoms with Crippen LogP contribution in [0.2, 0.25) is 0 Å². The maximum Gasteiger partial charge on any atom is 0.271 e. The number of hydrogen-bond acceptors (Lipinski definition) is 13. The van der Waals surface area contributed by atoms with E-state index in [1.54, 1.807) is 14.1 Å². The summed E-state index contributed by atoms with van der Waals surface area (Å²) >= 11 is 0. The highest BCUT2D eigenvalue weighted by Gasteiger charge is 2.19. The molecule has 1 aliphatic heterocycles. The summed E-state index contributed by atoms with van der Waals surface area (Å²) in [6.45, 7) is 17.4. The molecule has 4 N–H and O–H groups in total. The van der Waals surface area contributed by atoms with Crippen molar-refractivity contribution in [3.8, 4) is 0 Å². The molecule has 2 amide bonds. The average Bonchev–Trinajstić information content (AvgIpc) is 3.66. The number of aryl methyl sites for hydroxylation is 3. The van der Waals surface area contributed by atoms with Crippen LogP contribution in [0.5, 0.6) is 0 Å². The van der Waals surface area contributed by atoms with Crippen LogP contribution in [0.3, 0.4) is 0 Å². The third-order valence-corrected chi connectivity index (χ3v) is 8.78. The lowest BCUT2D eigenvalue weighted by Gasteiger charge is -2.15. The summed E-state index contributed by atoms with van der Waals surface area (Å²) in [5.74, 6) is 4.00. The fraction of sp³-hybridized carbons (Fsp3) is 0.514. The van der Waals surface area contributed by atoms with Crippen LogP contribution in [-0.4, -0.2) is 90.8 Å². The Morgan fingerprint density at radius 3 is 1.71 bits per heavy atom. The molecule has 286 valence electrons. The van der Waals surface area contributed by atoms with Crippen LogP contribution in [0.25, 0.3) is 0 Å². The Morgan fingerprint density at radius 1 is 0.712 bits per heavy atom. The standard InChI is InChI=1S/C21H31N7O.C16H22N6O.4H2/c1-5-14(2)16-13-19(26-27-20(16)21(29)22-4)25-18-12-15(3)23-17(24-18)8-11-28-9-6-7-10-28;1-6-12-18-10(4)7-13(19-12)20-14-8-11(9(2)3)15(22-21-14)16(23)17-5;;;;/h12-14H,5-11H2,1-4H3,(H,22,29)(H,23,24,25,26);7-9H,6H2,1-5H3,(H,17,23)(H,18,19,20,21);4*1H. The Labute approximate surface area is 312 Å². The molecular weight excluding hydrogens is 658 g/mol. The quantitative estimate of drug-likeness (QED) is 0.123. The summed E-state index contributed by atoms with van der Waals surface area (Å²) in [6.07, 6.45) is 5.06. The highest BCUT2D eigenvalue weighted by molar-refractivity contribution is 5.94. The molecule has 1 fully saturated rings. The minimum absolute atomic E-state index is 0. The molecule has 4 aromatic heterocycles. The van der Waals surface area contributed by atoms with Gasteiger partial charge < -0.3 is 26.2 Å². The number of hydrogen-bond donors (Lipinski definition) is 4. The number of nitrogens with zero attached hydrogens (tertiary/aromatic N) is 9. The molecule has 0 spiro atoms. The van der Waals surface area contributed by atoms with Crippen molar-refractivity contribution in [1.29, 1.82) is 0 Å². The van der Waals surface area contributed by atoms with Gasteiger partial charge in [0.25, 0.3) is 11.8 Å². The summed E-state index contributed by atoms with van der Waals surface area (Å²) in [4.78, 5) is 44.5. The first-order chi connectivity index (χ1) is 24.9. The normalized spacial score (nSPS) is 13.3. The van der Waals surface area contributed by atoms with Gasteiger partial charge in [-0.2, -0.15) is 0 Å². The van der Waals surface area contributed by atoms with E-state index in [1.165, 1.54) is 25.9 Å². The molecule has 0 saturated carbocycles. The smallest absolute Gasteiger partial charge is 0.271 e. The molecule has 0 radical (unpaired) electrons. The van der Waals surface area contributed by atoms with E-state index in [-0.39, 0.29) is 29.4 Å². The first-order valence-corrected chi connectivity index (χ1v) is 18.1. The molecular formula is C37H61N13O2. The molecule has 1 saturated heterocycles. The number of amides is 2. The molecule has 0 aromatic carbocycles. The van der Waals surface area contributed by atoms with Crippen molar-refractivity contribution in [2.24, 2.45) is 0 Å². The second-order valence-corrected chi connectivity index (χ2v) is 13.2. The van der Waals surface area contributed by atoms with Crippen LogP contribution >= 0.6 is 0 Å². The highest BCUT2D eigenvalue weighted by atomic mass is 16.2. The van der Waals surface area contributed by atoms with Gasteiger partial charge in [0, 0.05) is 62.7 Å². The van der Waals surface area contributed by atoms with Gasteiger partial charge in [0.2, 0.25) is 0 Å². The predicted octanol–water partition coefficient (Wildman–Crippen LogP) is 6.18. The lowest BCUT2D eigenvalue weighted by molar-refractivity contribution is 0.0947. The van der Waals surface area contributed by atoms with Gasteiger partial charge >= 0.3 is 0 Å². The Bertz CT molecular complexity index is 1850. The number of rotatable bonds is 13. The molecule has 5 heterocycles. The Morgan fingerprint density at radius 2 is 1.21 bits per heavy atom. The molecule has 0 aliphatic carbocycles. The summed E-state index contributed by atoms with van der Waals surface area (Å²) in [5.41, 5.74) is 4.24. The SMILES string of the molecule is CCC(C)c1cc(Nc2cc(C)nc(CCN3CCCC3)n2)nnc1C(=O)NC.CCc1nc(C)cc(Nc2cc(C(C)C)c(C(=O)NC)nn2)n1.[HH].[HH].[HH].[HH]. The van der Waals surface area contributed by atoms with E-state index < -0.39 is 0 Å². The molecule has 1 atom stereocenters. The Hall–Kier alpha value is -5.18. The maximum atomic E-state index is 12.1. The van der Waals surface area contributed by atoms with E-state index >= 15 is 0 Å². The van der Waals surface area contributed by atoms with E-state index in [0.29, 0.717) is 34.7 Å². The van der Waals surface area contributed by atoms with Gasteiger partial charge in [0.1, 0.15) is 23.3 Å². The molecule has 1 unspecified atom stereocenters. The topological polar surface area (TPSA) is 189 Å². The molecule has 4 aromatic rings. The predicted molar refractivity (Wildman–Crippen MR) is 211 cm³/mol. The summed E-state index contributed by atoms with van der Waals surface area (Å²) in [6, 6.07) is 7.48. The Balaban J connectivity index is 0.00000103. The average molecular weight is 720 g/mol. The monoisotopic (exact) mass is 720 g/mol. The molecule has 15 nitrogen and oxygen atoms in total. The van der Waals surface area contributed by atoms with Gasteiger partial charge in [-0.1, -0.05) is 34.6 Å². The van der Waals surface area contributed by atoms with Gasteiger partial charge in [0.15, 0.2) is 23.0 Å². The van der Waals surface area contributed by atoms with Crippen molar-refractivity contribution in [3.63, 3.8) is 0 Å². The molecule has 1 aliphatic rings. The van der Waals surface area contributed by atoms with Gasteiger partial charge in [-0.15, -0.1) is 20.4 Å². The largest absolute Gasteiger partial charge is 0.354 e. The van der Waals surface area contributed by atoms with Crippen LogP contribution in [0.15, 0.2) is 24.3 Å². The summed E-state index contributed by atoms with van der Waals surface area (Å²) in [5, 5.41) is 28.1. The third-order valence-electron chi connectivity index (χ3n) is 8.78. The number of carbonyl (C=O) groups is 2. The van der Waals surface area contributed by atoms with Crippen LogP contribution < -0.4 is 21.3 Å². The van der Waals surface area contributed by atoms with Crippen molar-refractivity contribution in [3.05, 3.63) is 69.8 Å². The van der Waals surface area contributed by atoms with Crippen LogP contribution in [0, 0.1) is 13.8 Å². The first kappa shape index (κ1) is 39.6. The van der Waals surface area contributed by atoms with E-state index in [0.717, 1.165) is 60.0 Å². The van der Waals surface area contributed by atoms with Crippen molar-refractivity contribution in [2.45, 2.75) is 92.4 Å². The minimum Gasteiger partial charge on any atom is -0.354 e. The van der Waals surface area contributed by atoms with Crippen molar-refractivity contribution >= 4 is 35.1 Å². The Kier molecular flexibility index (Phi) is 14.4. The zero-order chi connectivity index (χ0) is 37.8. The zero-order valence-corrected chi connectivity index (χ0v) is 32.0. The second kappa shape index (κ2) is 18.9. The van der Waals surface area contributed by atoms with E-state index in [2.05, 4.69) is 80.3 Å². The lowest BCUT2D eigenvalue weighted by Crippen LogP contribution is -2.23. The zero-order valence-electron chi connectivity index (χ0n) is 32.0. The second-order valence-electron chi connectivity index (χ2n) is 13.2. The van der Waals surface area contributed by atoms with Crippen molar-refractivity contribution in [1.82, 2.24) is 55.9 Å². The molecule has 52 heavy (non-hydrogen) atoms. The summed E-state index contributed by atoms with van der Waals surface area (Å²) in [7, 11) is 3.18. The number of likely N-dealkylation sites (tertiary alicyclic amines) is 1. The summed E-state index contributed by atoms with van der Waals surface area (Å²) < 4.78 is 0. The fourth-order valence-electron chi connectivity index (χ4n) is 5.74. The lowest BCUT2D eigenvalue weighted by atomic mass is 9.97. The third kappa shape index (κ3) is 10.9. The van der Waals surface area contributed by atoms with Crippen LogP contribution in [0.1, 0.15) is 127 Å². The van der Waals surface area contributed by atoms with Gasteiger partial charge in [-0.25, -0.2) is 19.9 Å². The number of carbonyl (C=O) groups excluding carboxylic acids is 2. The van der Waals surface area contributed by atoms with Gasteiger partial charge in [0.05, 0.1) is 0 Å². The number of nitrogens with one attached hydrogen (secondary N) is 4. The van der Waals surface area contributed by atoms with Gasteiger partial charge in [-0.05, 0) is 81.3 Å². The minimum atomic E-state index is -0.237. The fourth-order valence-corrected chi connectivity index (χ4v) is 5.74. The first-order valence-electron chi connectivity index (χ1n) is 18.1. The number of aromatic nitrogens is 8. The van der Waals surface area contributed by atoms with E-state index in [9.17, 15) is 9.59 Å². The van der Waals surface area contributed by atoms with Crippen LogP contribution in [0.4, 0.5) is 23.3 Å².